The molecule has 9 heteroatoms. The first-order valence-electron chi connectivity index (χ1n) is 10.3. The van der Waals surface area contributed by atoms with E-state index in [1.165, 1.54) is 9.21 Å². The largest absolute Gasteiger partial charge is 0.497 e. The van der Waals surface area contributed by atoms with E-state index in [1.54, 1.807) is 47.8 Å². The van der Waals surface area contributed by atoms with E-state index in [9.17, 15) is 13.2 Å². The van der Waals surface area contributed by atoms with Gasteiger partial charge in [0, 0.05) is 13.1 Å². The van der Waals surface area contributed by atoms with Crippen LogP contribution < -0.4 is 4.74 Å². The van der Waals surface area contributed by atoms with Crippen LogP contribution in [0.3, 0.4) is 0 Å². The fourth-order valence-corrected chi connectivity index (χ4v) is 5.41. The first-order chi connectivity index (χ1) is 14.3. The zero-order valence-electron chi connectivity index (χ0n) is 19.0. The third-order valence-electron chi connectivity index (χ3n) is 5.28. The summed E-state index contributed by atoms with van der Waals surface area (Å²) in [6.07, 6.45) is 1.50. The molecule has 0 aliphatic carbocycles. The summed E-state index contributed by atoms with van der Waals surface area (Å²) < 4.78 is 44.2. The van der Waals surface area contributed by atoms with Crippen LogP contribution in [0.25, 0.3) is 0 Å². The van der Waals surface area contributed by atoms with Crippen LogP contribution in [0.5, 0.6) is 5.75 Å². The van der Waals surface area contributed by atoms with Gasteiger partial charge in [0.25, 0.3) is 0 Å². The van der Waals surface area contributed by atoms with Crippen LogP contribution in [-0.4, -0.2) is 61.3 Å². The molecule has 31 heavy (non-hydrogen) atoms. The molecule has 1 amide bonds. The summed E-state index contributed by atoms with van der Waals surface area (Å²) in [7, 11) is -2.03. The molecule has 0 saturated carbocycles. The van der Waals surface area contributed by atoms with Gasteiger partial charge < -0.3 is 14.2 Å². The van der Waals surface area contributed by atoms with Gasteiger partial charge in [-0.2, -0.15) is 4.31 Å². The summed E-state index contributed by atoms with van der Waals surface area (Å²) in [5.74, 6) is 0.722. The van der Waals surface area contributed by atoms with Crippen molar-refractivity contribution in [3.8, 4) is 5.75 Å². The van der Waals surface area contributed by atoms with Crippen LogP contribution in [0.2, 0.25) is 0 Å². The molecule has 0 N–H and O–H groups in total. The number of sulfonamides is 1. The van der Waals surface area contributed by atoms with Gasteiger partial charge in [0.1, 0.15) is 17.1 Å². The number of hydrogen-bond acceptors (Lipinski definition) is 6. The minimum absolute atomic E-state index is 0.212. The highest BCUT2D eigenvalue weighted by Gasteiger charge is 2.46. The zero-order valence-corrected chi connectivity index (χ0v) is 19.9. The van der Waals surface area contributed by atoms with E-state index in [4.69, 9.17) is 14.2 Å². The topological polar surface area (TPSA) is 85.4 Å². The quantitative estimate of drug-likeness (QED) is 0.695. The zero-order chi connectivity index (χ0) is 23.0. The third-order valence-corrected chi connectivity index (χ3v) is 7.28. The van der Waals surface area contributed by atoms with Crippen molar-refractivity contribution >= 4 is 16.1 Å². The SMILES string of the molecule is COc1ccc(CN2CC/C(=C\[C@H]3COC(C)(C)N3C(=O)OC(C)(C)C)S2(=O)=O)cc1. The lowest BCUT2D eigenvalue weighted by Gasteiger charge is -2.34. The van der Waals surface area contributed by atoms with Gasteiger partial charge in [0.2, 0.25) is 10.0 Å². The Kier molecular flexibility index (Phi) is 6.42. The van der Waals surface area contributed by atoms with E-state index < -0.39 is 33.5 Å². The first kappa shape index (κ1) is 23.6. The average Bonchev–Trinajstić information content (AvgIpc) is 3.10. The van der Waals surface area contributed by atoms with Gasteiger partial charge in [-0.15, -0.1) is 0 Å². The highest BCUT2D eigenvalue weighted by Crippen LogP contribution is 2.34. The lowest BCUT2D eigenvalue weighted by molar-refractivity contribution is -0.0610. The number of nitrogens with zero attached hydrogens (tertiary/aromatic N) is 2. The second kappa shape index (κ2) is 8.44. The maximum Gasteiger partial charge on any atom is 0.413 e. The molecular weight excluding hydrogens is 420 g/mol. The van der Waals surface area contributed by atoms with E-state index in [-0.39, 0.29) is 13.2 Å². The van der Waals surface area contributed by atoms with Crippen molar-refractivity contribution in [1.29, 1.82) is 0 Å². The van der Waals surface area contributed by atoms with Crippen molar-refractivity contribution in [3.05, 3.63) is 40.8 Å². The minimum atomic E-state index is -3.62. The van der Waals surface area contributed by atoms with Crippen molar-refractivity contribution in [2.45, 2.75) is 65.0 Å². The van der Waals surface area contributed by atoms with Crippen molar-refractivity contribution in [1.82, 2.24) is 9.21 Å². The molecular formula is C22H32N2O6S. The number of amides is 1. The summed E-state index contributed by atoms with van der Waals surface area (Å²) in [6, 6.07) is 6.81. The summed E-state index contributed by atoms with van der Waals surface area (Å²) in [6.45, 7) is 9.81. The molecule has 0 unspecified atom stereocenters. The molecule has 1 atom stereocenters. The normalized spacial score (nSPS) is 24.5. The maximum atomic E-state index is 13.1. The molecule has 0 spiro atoms. The van der Waals surface area contributed by atoms with Crippen LogP contribution >= 0.6 is 0 Å². The predicted octanol–water partition coefficient (Wildman–Crippen LogP) is 3.49. The second-order valence-corrected chi connectivity index (χ2v) is 11.2. The number of carbonyl (C=O) groups is 1. The van der Waals surface area contributed by atoms with Crippen LogP contribution in [0.4, 0.5) is 4.79 Å². The maximum absolute atomic E-state index is 13.1. The van der Waals surface area contributed by atoms with E-state index in [2.05, 4.69) is 0 Å². The molecule has 1 aromatic rings. The molecule has 0 aromatic heterocycles. The van der Waals surface area contributed by atoms with Crippen LogP contribution in [0, 0.1) is 0 Å². The molecule has 2 aliphatic rings. The third kappa shape index (κ3) is 5.22. The monoisotopic (exact) mass is 452 g/mol. The van der Waals surface area contributed by atoms with Crippen LogP contribution in [0.1, 0.15) is 46.6 Å². The lowest BCUT2D eigenvalue weighted by atomic mass is 10.2. The van der Waals surface area contributed by atoms with Crippen molar-refractivity contribution < 1.29 is 27.4 Å². The van der Waals surface area contributed by atoms with E-state index in [1.807, 2.05) is 24.3 Å². The highest BCUT2D eigenvalue weighted by atomic mass is 32.2. The Morgan fingerprint density at radius 3 is 2.48 bits per heavy atom. The van der Waals surface area contributed by atoms with E-state index >= 15 is 0 Å². The number of ether oxygens (including phenoxy) is 3. The number of benzene rings is 1. The smallest absolute Gasteiger partial charge is 0.413 e. The summed E-state index contributed by atoms with van der Waals surface area (Å²) in [5, 5.41) is 0. The Balaban J connectivity index is 1.79. The number of methoxy groups -OCH3 is 1. The second-order valence-electron chi connectivity index (χ2n) is 9.25. The van der Waals surface area contributed by atoms with E-state index in [0.717, 1.165) is 11.3 Å². The number of rotatable bonds is 4. The Morgan fingerprint density at radius 1 is 1.26 bits per heavy atom. The summed E-state index contributed by atoms with van der Waals surface area (Å²) in [4.78, 5) is 14.6. The first-order valence-corrected chi connectivity index (χ1v) is 11.8. The van der Waals surface area contributed by atoms with Crippen molar-refractivity contribution in [2.75, 3.05) is 20.3 Å². The van der Waals surface area contributed by atoms with Crippen molar-refractivity contribution in [3.63, 3.8) is 0 Å². The lowest BCUT2D eigenvalue weighted by Crippen LogP contribution is -2.49. The Bertz CT molecular complexity index is 947. The minimum Gasteiger partial charge on any atom is -0.497 e. The van der Waals surface area contributed by atoms with Crippen molar-refractivity contribution in [2.24, 2.45) is 0 Å². The van der Waals surface area contributed by atoms with Crippen LogP contribution in [-0.2, 0) is 26.0 Å². The number of hydrogen-bond donors (Lipinski definition) is 0. The molecule has 2 saturated heterocycles. The van der Waals surface area contributed by atoms with Gasteiger partial charge >= 0.3 is 6.09 Å². The Labute approximate surface area is 184 Å². The van der Waals surface area contributed by atoms with Gasteiger partial charge in [-0.05, 0) is 64.8 Å². The Morgan fingerprint density at radius 2 is 1.90 bits per heavy atom. The molecule has 2 aliphatic heterocycles. The molecule has 2 fully saturated rings. The van der Waals surface area contributed by atoms with Gasteiger partial charge in [-0.25, -0.2) is 13.2 Å². The molecule has 8 nitrogen and oxygen atoms in total. The standard InChI is InChI=1S/C22H32N2O6S/c1-21(2,3)30-20(25)24-17(15-29-22(24,4)5)13-19-11-12-23(31(19,26)27)14-16-7-9-18(28-6)10-8-16/h7-10,13,17H,11-12,14-15H2,1-6H3/b19-13+/t17-/m0/s1. The fraction of sp³-hybridized carbons (Fsp3) is 0.591. The highest BCUT2D eigenvalue weighted by molar-refractivity contribution is 7.93. The van der Waals surface area contributed by atoms with Crippen LogP contribution in [0.15, 0.2) is 35.2 Å². The Hall–Kier alpha value is -2.10. The molecule has 0 radical (unpaired) electrons. The fourth-order valence-electron chi connectivity index (χ4n) is 3.75. The van der Waals surface area contributed by atoms with Gasteiger partial charge in [0.05, 0.1) is 24.7 Å². The van der Waals surface area contributed by atoms with Gasteiger partial charge in [-0.3, -0.25) is 4.90 Å². The summed E-state index contributed by atoms with van der Waals surface area (Å²) >= 11 is 0. The predicted molar refractivity (Wildman–Crippen MR) is 117 cm³/mol. The molecule has 2 heterocycles. The number of carbonyl (C=O) groups excluding carboxylic acids is 1. The molecule has 172 valence electrons. The molecule has 3 rings (SSSR count). The van der Waals surface area contributed by atoms with E-state index in [0.29, 0.717) is 17.9 Å². The van der Waals surface area contributed by atoms with Gasteiger partial charge in [0.15, 0.2) is 0 Å². The molecule has 0 bridgehead atoms. The summed E-state index contributed by atoms with van der Waals surface area (Å²) in [5.41, 5.74) is -0.677. The van der Waals surface area contributed by atoms with Gasteiger partial charge in [-0.1, -0.05) is 12.1 Å². The average molecular weight is 453 g/mol. The molecule has 1 aromatic carbocycles.